The molecule has 3 rings (SSSR count). The third kappa shape index (κ3) is 5.07. The van der Waals surface area contributed by atoms with Gasteiger partial charge in [-0.05, 0) is 62.6 Å². The van der Waals surface area contributed by atoms with Gasteiger partial charge in [0.15, 0.2) is 0 Å². The standard InChI is InChI=1S/C22H25N5O/c1-14-11-20(16(3)26-15(14)2)28-19-9-10-25-22(13-19)27-18-6-4-5-17(12-18)7-8-21(23)24/h4-6,9-13H,7-8H2,1-3H3,(H3,23,24)(H,25,27). The molecule has 0 unspecified atom stereocenters. The third-order valence-electron chi connectivity index (χ3n) is 4.45. The van der Waals surface area contributed by atoms with Crippen LogP contribution in [-0.4, -0.2) is 15.8 Å². The zero-order valence-corrected chi connectivity index (χ0v) is 16.4. The van der Waals surface area contributed by atoms with Crippen LogP contribution in [0, 0.1) is 26.2 Å². The molecule has 0 radical (unpaired) electrons. The van der Waals surface area contributed by atoms with Crippen LogP contribution in [0.4, 0.5) is 11.5 Å². The SMILES string of the molecule is Cc1cc(Oc2ccnc(Nc3cccc(CCC(=N)N)c3)c2)c(C)nc1C. The van der Waals surface area contributed by atoms with Gasteiger partial charge in [-0.1, -0.05) is 12.1 Å². The van der Waals surface area contributed by atoms with Crippen LogP contribution in [0.25, 0.3) is 0 Å². The normalized spacial score (nSPS) is 10.5. The van der Waals surface area contributed by atoms with Crippen molar-refractivity contribution < 1.29 is 4.74 Å². The molecule has 2 heterocycles. The minimum absolute atomic E-state index is 0.195. The smallest absolute Gasteiger partial charge is 0.148 e. The maximum atomic E-state index is 7.37. The van der Waals surface area contributed by atoms with Gasteiger partial charge in [0.2, 0.25) is 0 Å². The zero-order valence-electron chi connectivity index (χ0n) is 16.4. The van der Waals surface area contributed by atoms with Gasteiger partial charge in [0.1, 0.15) is 17.3 Å². The number of ether oxygens (including phenoxy) is 1. The van der Waals surface area contributed by atoms with Crippen LogP contribution in [0.3, 0.4) is 0 Å². The van der Waals surface area contributed by atoms with E-state index < -0.39 is 0 Å². The summed E-state index contributed by atoms with van der Waals surface area (Å²) >= 11 is 0. The molecular formula is C22H25N5O. The highest BCUT2D eigenvalue weighted by atomic mass is 16.5. The van der Waals surface area contributed by atoms with Crippen LogP contribution >= 0.6 is 0 Å². The molecule has 0 aliphatic rings. The summed E-state index contributed by atoms with van der Waals surface area (Å²) in [6.45, 7) is 5.95. The molecule has 6 heteroatoms. The van der Waals surface area contributed by atoms with Crippen molar-refractivity contribution in [1.29, 1.82) is 5.41 Å². The Balaban J connectivity index is 1.74. The van der Waals surface area contributed by atoms with Gasteiger partial charge >= 0.3 is 0 Å². The van der Waals surface area contributed by atoms with E-state index in [4.69, 9.17) is 15.9 Å². The van der Waals surface area contributed by atoms with Crippen LogP contribution in [0.1, 0.15) is 28.9 Å². The molecule has 144 valence electrons. The molecular weight excluding hydrogens is 350 g/mol. The van der Waals surface area contributed by atoms with Gasteiger partial charge < -0.3 is 15.8 Å². The van der Waals surface area contributed by atoms with Crippen LogP contribution in [0.2, 0.25) is 0 Å². The predicted molar refractivity (Wildman–Crippen MR) is 113 cm³/mol. The molecule has 0 bridgehead atoms. The largest absolute Gasteiger partial charge is 0.455 e. The second-order valence-corrected chi connectivity index (χ2v) is 6.80. The second-order valence-electron chi connectivity index (χ2n) is 6.80. The van der Waals surface area contributed by atoms with Gasteiger partial charge in [0, 0.05) is 30.1 Å². The van der Waals surface area contributed by atoms with Crippen LogP contribution < -0.4 is 15.8 Å². The maximum Gasteiger partial charge on any atom is 0.148 e. The van der Waals surface area contributed by atoms with Gasteiger partial charge in [0.25, 0.3) is 0 Å². The lowest BCUT2D eigenvalue weighted by atomic mass is 10.1. The lowest BCUT2D eigenvalue weighted by Gasteiger charge is -2.12. The highest BCUT2D eigenvalue weighted by molar-refractivity contribution is 5.77. The summed E-state index contributed by atoms with van der Waals surface area (Å²) in [5.41, 5.74) is 10.4. The number of benzene rings is 1. The molecule has 6 nitrogen and oxygen atoms in total. The highest BCUT2D eigenvalue weighted by Gasteiger charge is 2.07. The Morgan fingerprint density at radius 3 is 2.71 bits per heavy atom. The van der Waals surface area contributed by atoms with Gasteiger partial charge in [-0.25, -0.2) is 4.98 Å². The van der Waals surface area contributed by atoms with E-state index in [1.165, 1.54) is 0 Å². The molecule has 0 spiro atoms. The number of hydrogen-bond donors (Lipinski definition) is 3. The van der Waals surface area contributed by atoms with Gasteiger partial charge in [-0.3, -0.25) is 10.4 Å². The van der Waals surface area contributed by atoms with Crippen molar-refractivity contribution in [2.75, 3.05) is 5.32 Å². The van der Waals surface area contributed by atoms with E-state index in [1.54, 1.807) is 6.20 Å². The Kier molecular flexibility index (Phi) is 5.89. The number of hydrogen-bond acceptors (Lipinski definition) is 5. The Hall–Kier alpha value is -3.41. The number of aryl methyl sites for hydroxylation is 4. The average molecular weight is 375 g/mol. The van der Waals surface area contributed by atoms with Gasteiger partial charge in [-0.2, -0.15) is 0 Å². The van der Waals surface area contributed by atoms with Gasteiger partial charge in [0.05, 0.1) is 11.5 Å². The highest BCUT2D eigenvalue weighted by Crippen LogP contribution is 2.28. The fraction of sp³-hybridized carbons (Fsp3) is 0.227. The van der Waals surface area contributed by atoms with Crippen LogP contribution in [-0.2, 0) is 6.42 Å². The van der Waals surface area contributed by atoms with Crippen molar-refractivity contribution in [3.63, 3.8) is 0 Å². The van der Waals surface area contributed by atoms with E-state index in [-0.39, 0.29) is 5.84 Å². The summed E-state index contributed by atoms with van der Waals surface area (Å²) in [5, 5.41) is 10.7. The predicted octanol–water partition coefficient (Wildman–Crippen LogP) is 4.81. The summed E-state index contributed by atoms with van der Waals surface area (Å²) in [6, 6.07) is 13.7. The lowest BCUT2D eigenvalue weighted by molar-refractivity contribution is 0.474. The first-order valence-corrected chi connectivity index (χ1v) is 9.18. The molecule has 0 fully saturated rings. The van der Waals surface area contributed by atoms with Crippen molar-refractivity contribution in [2.24, 2.45) is 5.73 Å². The van der Waals surface area contributed by atoms with E-state index in [0.29, 0.717) is 18.0 Å². The van der Waals surface area contributed by atoms with Crippen molar-refractivity contribution in [3.8, 4) is 11.5 Å². The lowest BCUT2D eigenvalue weighted by Crippen LogP contribution is -2.10. The van der Waals surface area contributed by atoms with Crippen LogP contribution in [0.15, 0.2) is 48.7 Å². The van der Waals surface area contributed by atoms with E-state index in [2.05, 4.69) is 15.3 Å². The Bertz CT molecular complexity index is 1000. The molecule has 1 aromatic carbocycles. The fourth-order valence-corrected chi connectivity index (χ4v) is 2.81. The molecule has 0 aliphatic carbocycles. The summed E-state index contributed by atoms with van der Waals surface area (Å²) in [4.78, 5) is 8.89. The number of nitrogens with zero attached hydrogens (tertiary/aromatic N) is 2. The molecule has 28 heavy (non-hydrogen) atoms. The molecule has 0 atom stereocenters. The van der Waals surface area contributed by atoms with E-state index >= 15 is 0 Å². The number of pyridine rings is 2. The minimum atomic E-state index is 0.195. The van der Waals surface area contributed by atoms with Gasteiger partial charge in [-0.15, -0.1) is 0 Å². The first-order valence-electron chi connectivity index (χ1n) is 9.18. The number of nitrogens with one attached hydrogen (secondary N) is 2. The number of aromatic nitrogens is 2. The summed E-state index contributed by atoms with van der Waals surface area (Å²) in [7, 11) is 0. The Labute approximate surface area is 165 Å². The van der Waals surface area contributed by atoms with Crippen LogP contribution in [0.5, 0.6) is 11.5 Å². The number of rotatable bonds is 7. The number of amidine groups is 1. The minimum Gasteiger partial charge on any atom is -0.455 e. The molecule has 2 aromatic heterocycles. The molecule has 3 aromatic rings. The first-order chi connectivity index (χ1) is 13.4. The second kappa shape index (κ2) is 8.52. The topological polar surface area (TPSA) is 96.9 Å². The average Bonchev–Trinajstić information content (AvgIpc) is 2.65. The van der Waals surface area contributed by atoms with Crippen molar-refractivity contribution in [2.45, 2.75) is 33.6 Å². The Morgan fingerprint density at radius 1 is 1.11 bits per heavy atom. The van der Waals surface area contributed by atoms with Crippen molar-refractivity contribution >= 4 is 17.3 Å². The van der Waals surface area contributed by atoms with Crippen molar-refractivity contribution in [3.05, 3.63) is 71.2 Å². The quantitative estimate of drug-likeness (QED) is 0.407. The zero-order chi connectivity index (χ0) is 20.1. The number of nitrogens with two attached hydrogens (primary N) is 1. The van der Waals surface area contributed by atoms with Crippen molar-refractivity contribution in [1.82, 2.24) is 9.97 Å². The third-order valence-corrected chi connectivity index (χ3v) is 4.45. The van der Waals surface area contributed by atoms with E-state index in [0.717, 1.165) is 40.4 Å². The summed E-state index contributed by atoms with van der Waals surface area (Å²) < 4.78 is 6.03. The molecule has 0 saturated carbocycles. The molecule has 0 aliphatic heterocycles. The van der Waals surface area contributed by atoms with E-state index in [1.807, 2.05) is 63.2 Å². The fourth-order valence-electron chi connectivity index (χ4n) is 2.81. The monoisotopic (exact) mass is 375 g/mol. The molecule has 0 amide bonds. The summed E-state index contributed by atoms with van der Waals surface area (Å²) in [6.07, 6.45) is 3.00. The first kappa shape index (κ1) is 19.4. The Morgan fingerprint density at radius 2 is 1.93 bits per heavy atom. The number of anilines is 2. The molecule has 4 N–H and O–H groups in total. The van der Waals surface area contributed by atoms with E-state index in [9.17, 15) is 0 Å². The summed E-state index contributed by atoms with van der Waals surface area (Å²) in [5.74, 6) is 2.32. The maximum absolute atomic E-state index is 7.37. The molecule has 0 saturated heterocycles.